The summed E-state index contributed by atoms with van der Waals surface area (Å²) >= 11 is 0. The highest BCUT2D eigenvalue weighted by Crippen LogP contribution is 2.17. The fourth-order valence-electron chi connectivity index (χ4n) is 2.28. The van der Waals surface area contributed by atoms with Crippen molar-refractivity contribution in [2.75, 3.05) is 7.11 Å². The molecule has 1 rings (SSSR count). The van der Waals surface area contributed by atoms with Crippen LogP contribution in [0.4, 0.5) is 0 Å². The molecular weight excluding hydrogens is 414 g/mol. The van der Waals surface area contributed by atoms with Gasteiger partial charge in [-0.2, -0.15) is 4.72 Å². The molecule has 170 valence electrons. The van der Waals surface area contributed by atoms with Crippen LogP contribution in [-0.2, 0) is 45.5 Å². The number of carbonyl (C=O) groups excluding carboxylic acids is 2. The third kappa shape index (κ3) is 9.66. The van der Waals surface area contributed by atoms with E-state index in [0.29, 0.717) is 5.56 Å². The van der Waals surface area contributed by atoms with Gasteiger partial charge >= 0.3 is 11.9 Å². The minimum atomic E-state index is -4.15. The summed E-state index contributed by atoms with van der Waals surface area (Å²) in [4.78, 5) is 34.1. The molecule has 0 aromatic heterocycles. The topological polar surface area (TPSA) is 117 Å². The Bertz CT molecular complexity index is 837. The largest absolute Gasteiger partial charge is 0.460 e. The van der Waals surface area contributed by atoms with E-state index in [9.17, 15) is 18.0 Å². The van der Waals surface area contributed by atoms with E-state index in [4.69, 9.17) is 14.4 Å². The number of nitrogens with one attached hydrogen (secondary N) is 1. The number of hydrogen-bond acceptors (Lipinski definition) is 8. The lowest BCUT2D eigenvalue weighted by Gasteiger charge is -2.25. The van der Waals surface area contributed by atoms with E-state index in [-0.39, 0.29) is 11.5 Å². The average molecular weight is 446 g/mol. The van der Waals surface area contributed by atoms with Gasteiger partial charge in [0.1, 0.15) is 23.9 Å². The van der Waals surface area contributed by atoms with Crippen molar-refractivity contribution in [3.8, 4) is 0 Å². The molecule has 0 saturated heterocycles. The molecule has 0 aliphatic carbocycles. The van der Waals surface area contributed by atoms with Gasteiger partial charge in [-0.1, -0.05) is 12.1 Å². The van der Waals surface area contributed by atoms with Crippen LogP contribution in [0.5, 0.6) is 0 Å². The molecule has 1 aromatic carbocycles. The van der Waals surface area contributed by atoms with E-state index >= 15 is 0 Å². The number of hydrogen-bond donors (Lipinski definition) is 1. The van der Waals surface area contributed by atoms with Gasteiger partial charge in [-0.3, -0.25) is 9.59 Å². The Morgan fingerprint density at radius 2 is 1.63 bits per heavy atom. The van der Waals surface area contributed by atoms with Crippen LogP contribution in [0.3, 0.4) is 0 Å². The molecule has 1 atom stereocenters. The van der Waals surface area contributed by atoms with Gasteiger partial charge < -0.3 is 9.47 Å². The molecule has 0 bridgehead atoms. The van der Waals surface area contributed by atoms with Crippen molar-refractivity contribution in [3.05, 3.63) is 29.8 Å². The highest BCUT2D eigenvalue weighted by atomic mass is 32.2. The second kappa shape index (κ2) is 10.3. The minimum Gasteiger partial charge on any atom is -0.460 e. The smallest absolute Gasteiger partial charge is 0.325 e. The van der Waals surface area contributed by atoms with Gasteiger partial charge in [0.15, 0.2) is 0 Å². The quantitative estimate of drug-likeness (QED) is 0.350. The molecular formula is C20H31NO8S. The first-order valence-electron chi connectivity index (χ1n) is 9.34. The maximum atomic E-state index is 12.9. The lowest BCUT2D eigenvalue weighted by atomic mass is 10.1. The number of carbonyl (C=O) groups is 2. The van der Waals surface area contributed by atoms with Crippen molar-refractivity contribution in [2.24, 2.45) is 0 Å². The first-order valence-corrected chi connectivity index (χ1v) is 10.8. The number of esters is 2. The predicted octanol–water partition coefficient (Wildman–Crippen LogP) is 2.48. The third-order valence-corrected chi connectivity index (χ3v) is 4.80. The highest BCUT2D eigenvalue weighted by molar-refractivity contribution is 7.89. The standard InChI is InChI=1S/C20H31NO8S/c1-19(2,3)28-17(22)12-16(18(23)29-20(4,5)6)21-30(24,25)15-10-8-9-14(11-15)13-27-26-7/h8-11,16,21H,12-13H2,1-7H3/t16-/m0/s1. The Labute approximate surface area is 178 Å². The molecule has 1 aromatic rings. The summed E-state index contributed by atoms with van der Waals surface area (Å²) in [6.45, 7) is 9.98. The summed E-state index contributed by atoms with van der Waals surface area (Å²) in [5.41, 5.74) is -1.11. The van der Waals surface area contributed by atoms with E-state index in [0.717, 1.165) is 0 Å². The minimum absolute atomic E-state index is 0.0350. The molecule has 0 spiro atoms. The maximum Gasteiger partial charge on any atom is 0.325 e. The summed E-state index contributed by atoms with van der Waals surface area (Å²) in [7, 11) is -2.81. The van der Waals surface area contributed by atoms with E-state index in [2.05, 4.69) is 9.61 Å². The summed E-state index contributed by atoms with van der Waals surface area (Å²) in [6, 6.07) is 4.46. The summed E-state index contributed by atoms with van der Waals surface area (Å²) in [6.07, 6.45) is -0.516. The van der Waals surface area contributed by atoms with E-state index in [1.807, 2.05) is 0 Å². The Morgan fingerprint density at radius 1 is 1.03 bits per heavy atom. The van der Waals surface area contributed by atoms with Crippen molar-refractivity contribution in [3.63, 3.8) is 0 Å². The SMILES string of the molecule is COOCc1cccc(S(=O)(=O)N[C@@H](CC(=O)OC(C)(C)C)C(=O)OC(C)(C)C)c1. The van der Waals surface area contributed by atoms with Crippen molar-refractivity contribution in [1.82, 2.24) is 4.72 Å². The fraction of sp³-hybridized carbons (Fsp3) is 0.600. The van der Waals surface area contributed by atoms with Crippen LogP contribution in [0, 0.1) is 0 Å². The molecule has 0 radical (unpaired) electrons. The monoisotopic (exact) mass is 445 g/mol. The van der Waals surface area contributed by atoms with Crippen LogP contribution in [0.25, 0.3) is 0 Å². The Balaban J connectivity index is 3.11. The molecule has 0 aliphatic heterocycles. The Hall–Kier alpha value is -2.01. The Morgan fingerprint density at radius 3 is 2.17 bits per heavy atom. The van der Waals surface area contributed by atoms with Gasteiger partial charge in [0.05, 0.1) is 18.4 Å². The second-order valence-corrected chi connectivity index (χ2v) is 10.3. The molecule has 0 aliphatic rings. The molecule has 0 heterocycles. The zero-order valence-corrected chi connectivity index (χ0v) is 19.3. The molecule has 0 unspecified atom stereocenters. The number of ether oxygens (including phenoxy) is 2. The van der Waals surface area contributed by atoms with Crippen molar-refractivity contribution in [1.29, 1.82) is 0 Å². The first kappa shape index (κ1) is 26.0. The second-order valence-electron chi connectivity index (χ2n) is 8.57. The van der Waals surface area contributed by atoms with E-state index < -0.39 is 45.6 Å². The fourth-order valence-corrected chi connectivity index (χ4v) is 3.54. The first-order chi connectivity index (χ1) is 13.6. The predicted molar refractivity (Wildman–Crippen MR) is 109 cm³/mol. The third-order valence-electron chi connectivity index (χ3n) is 3.33. The molecule has 30 heavy (non-hydrogen) atoms. The molecule has 1 N–H and O–H groups in total. The van der Waals surface area contributed by atoms with Gasteiger partial charge in [-0.05, 0) is 59.2 Å². The van der Waals surface area contributed by atoms with Crippen LogP contribution < -0.4 is 4.72 Å². The van der Waals surface area contributed by atoms with Crippen molar-refractivity contribution < 1.29 is 37.3 Å². The zero-order chi connectivity index (χ0) is 23.2. The van der Waals surface area contributed by atoms with Crippen LogP contribution in [0.15, 0.2) is 29.2 Å². The van der Waals surface area contributed by atoms with Crippen molar-refractivity contribution >= 4 is 22.0 Å². The molecule has 10 heteroatoms. The van der Waals surface area contributed by atoms with Crippen LogP contribution >= 0.6 is 0 Å². The molecule has 0 saturated carbocycles. The summed E-state index contributed by atoms with van der Waals surface area (Å²) in [5.74, 6) is -1.61. The van der Waals surface area contributed by atoms with E-state index in [1.54, 1.807) is 47.6 Å². The normalized spacial score (nSPS) is 13.6. The van der Waals surface area contributed by atoms with Gasteiger partial charge in [0, 0.05) is 0 Å². The Kier molecular flexibility index (Phi) is 8.97. The number of rotatable bonds is 9. The van der Waals surface area contributed by atoms with Gasteiger partial charge in [-0.25, -0.2) is 18.2 Å². The highest BCUT2D eigenvalue weighted by Gasteiger charge is 2.33. The van der Waals surface area contributed by atoms with Gasteiger partial charge in [-0.15, -0.1) is 0 Å². The van der Waals surface area contributed by atoms with Crippen LogP contribution in [-0.4, -0.2) is 44.7 Å². The van der Waals surface area contributed by atoms with Crippen LogP contribution in [0.1, 0.15) is 53.5 Å². The van der Waals surface area contributed by atoms with Crippen molar-refractivity contribution in [2.45, 2.75) is 76.7 Å². The van der Waals surface area contributed by atoms with Gasteiger partial charge in [0.2, 0.25) is 10.0 Å². The lowest BCUT2D eigenvalue weighted by Crippen LogP contribution is -2.46. The average Bonchev–Trinajstić information content (AvgIpc) is 2.56. The zero-order valence-electron chi connectivity index (χ0n) is 18.5. The molecule has 9 nitrogen and oxygen atoms in total. The summed E-state index contributed by atoms with van der Waals surface area (Å²) < 4.78 is 38.5. The number of benzene rings is 1. The van der Waals surface area contributed by atoms with Gasteiger partial charge in [0.25, 0.3) is 0 Å². The van der Waals surface area contributed by atoms with Crippen LogP contribution in [0.2, 0.25) is 0 Å². The maximum absolute atomic E-state index is 12.9. The summed E-state index contributed by atoms with van der Waals surface area (Å²) in [5, 5.41) is 0. The molecule has 0 fully saturated rings. The van der Waals surface area contributed by atoms with E-state index in [1.165, 1.54) is 25.3 Å². The molecule has 0 amide bonds. The number of sulfonamides is 1. The lowest BCUT2D eigenvalue weighted by molar-refractivity contribution is -0.282.